The Morgan fingerprint density at radius 3 is 2.96 bits per heavy atom. The smallest absolute Gasteiger partial charge is 0.328 e. The fourth-order valence-corrected chi connectivity index (χ4v) is 2.94. The van der Waals surface area contributed by atoms with Crippen molar-refractivity contribution in [1.82, 2.24) is 24.2 Å². The zero-order valence-electron chi connectivity index (χ0n) is 12.9. The summed E-state index contributed by atoms with van der Waals surface area (Å²) in [6.45, 7) is 3.25. The molecule has 0 aliphatic carbocycles. The van der Waals surface area contributed by atoms with Crippen LogP contribution >= 0.6 is 0 Å². The van der Waals surface area contributed by atoms with Crippen molar-refractivity contribution in [2.45, 2.75) is 38.9 Å². The Kier molecular flexibility index (Phi) is 4.14. The van der Waals surface area contributed by atoms with Gasteiger partial charge in [0.25, 0.3) is 5.56 Å². The molecule has 2 aromatic rings. The van der Waals surface area contributed by atoms with Crippen LogP contribution in [0.1, 0.15) is 18.4 Å². The molecule has 2 aromatic heterocycles. The highest BCUT2D eigenvalue weighted by Crippen LogP contribution is 2.19. The van der Waals surface area contributed by atoms with Gasteiger partial charge in [-0.3, -0.25) is 23.8 Å². The Balaban J connectivity index is 1.70. The Morgan fingerprint density at radius 2 is 2.26 bits per heavy atom. The normalized spacial score (nSPS) is 17.6. The molecule has 3 rings (SSSR count). The van der Waals surface area contributed by atoms with E-state index in [1.54, 1.807) is 11.1 Å². The number of carbonyl (C=O) groups is 1. The third-order valence-electron chi connectivity index (χ3n) is 4.06. The van der Waals surface area contributed by atoms with E-state index in [1.165, 1.54) is 16.8 Å². The van der Waals surface area contributed by atoms with Crippen LogP contribution in [0.5, 0.6) is 0 Å². The van der Waals surface area contributed by atoms with Gasteiger partial charge < -0.3 is 4.90 Å². The van der Waals surface area contributed by atoms with E-state index in [2.05, 4.69) is 10.1 Å². The van der Waals surface area contributed by atoms with Crippen LogP contribution in [0.4, 0.5) is 0 Å². The van der Waals surface area contributed by atoms with Crippen LogP contribution in [-0.4, -0.2) is 42.7 Å². The highest BCUT2D eigenvalue weighted by molar-refractivity contribution is 5.76. The number of nitrogens with one attached hydrogen (secondary N) is 1. The number of aromatic amines is 1. The maximum absolute atomic E-state index is 12.5. The Hall–Kier alpha value is -2.64. The van der Waals surface area contributed by atoms with Crippen LogP contribution in [-0.2, 0) is 17.9 Å². The van der Waals surface area contributed by atoms with Crippen molar-refractivity contribution in [2.75, 3.05) is 6.54 Å². The summed E-state index contributed by atoms with van der Waals surface area (Å²) in [5, 5.41) is 4.26. The molecule has 23 heavy (non-hydrogen) atoms. The first-order valence-corrected chi connectivity index (χ1v) is 7.61. The Morgan fingerprint density at radius 1 is 1.43 bits per heavy atom. The molecule has 0 bridgehead atoms. The largest absolute Gasteiger partial charge is 0.336 e. The summed E-state index contributed by atoms with van der Waals surface area (Å²) in [6, 6.07) is 1.32. The van der Waals surface area contributed by atoms with Gasteiger partial charge in [-0.05, 0) is 25.3 Å². The monoisotopic (exact) mass is 317 g/mol. The molecule has 122 valence electrons. The topological polar surface area (TPSA) is 93.0 Å². The number of amides is 1. The summed E-state index contributed by atoms with van der Waals surface area (Å²) in [5.41, 5.74) is 0.0526. The Labute approximate surface area is 132 Å². The van der Waals surface area contributed by atoms with Crippen LogP contribution in [0.25, 0.3) is 0 Å². The molecule has 1 amide bonds. The van der Waals surface area contributed by atoms with Gasteiger partial charge in [0.2, 0.25) is 5.91 Å². The van der Waals surface area contributed by atoms with Crippen molar-refractivity contribution in [3.8, 4) is 0 Å². The molecule has 1 N–H and O–H groups in total. The lowest BCUT2D eigenvalue weighted by Crippen LogP contribution is -2.42. The van der Waals surface area contributed by atoms with Crippen molar-refractivity contribution in [3.63, 3.8) is 0 Å². The van der Waals surface area contributed by atoms with Crippen molar-refractivity contribution >= 4 is 5.91 Å². The molecule has 0 aromatic carbocycles. The fourth-order valence-electron chi connectivity index (χ4n) is 2.94. The summed E-state index contributed by atoms with van der Waals surface area (Å²) in [6.07, 6.45) is 6.96. The van der Waals surface area contributed by atoms with Gasteiger partial charge in [0, 0.05) is 25.0 Å². The summed E-state index contributed by atoms with van der Waals surface area (Å²) < 4.78 is 3.06. The second-order valence-corrected chi connectivity index (χ2v) is 5.86. The van der Waals surface area contributed by atoms with Gasteiger partial charge in [-0.2, -0.15) is 5.10 Å². The number of carbonyl (C=O) groups excluding carboxylic acids is 1. The number of rotatable bonds is 4. The van der Waals surface area contributed by atoms with Gasteiger partial charge in [-0.1, -0.05) is 0 Å². The summed E-state index contributed by atoms with van der Waals surface area (Å²) in [4.78, 5) is 39.2. The number of H-pyrrole nitrogens is 1. The second-order valence-electron chi connectivity index (χ2n) is 5.86. The zero-order chi connectivity index (χ0) is 16.4. The predicted octanol–water partition coefficient (Wildman–Crippen LogP) is -0.267. The van der Waals surface area contributed by atoms with Crippen molar-refractivity contribution in [3.05, 3.63) is 51.1 Å². The van der Waals surface area contributed by atoms with Crippen LogP contribution < -0.4 is 11.2 Å². The molecule has 0 radical (unpaired) electrons. The maximum atomic E-state index is 12.5. The lowest BCUT2D eigenvalue weighted by molar-refractivity contribution is -0.133. The first-order valence-electron chi connectivity index (χ1n) is 7.61. The highest BCUT2D eigenvalue weighted by Gasteiger charge is 2.29. The molecule has 3 heterocycles. The minimum atomic E-state index is -0.565. The first kappa shape index (κ1) is 15.3. The van der Waals surface area contributed by atoms with Crippen LogP contribution in [0.15, 0.2) is 34.2 Å². The molecule has 8 nitrogen and oxygen atoms in total. The quantitative estimate of drug-likeness (QED) is 0.840. The molecule has 0 spiro atoms. The van der Waals surface area contributed by atoms with Gasteiger partial charge in [0.15, 0.2) is 0 Å². The van der Waals surface area contributed by atoms with Crippen LogP contribution in [0.2, 0.25) is 0 Å². The first-order chi connectivity index (χ1) is 11.0. The lowest BCUT2D eigenvalue weighted by atomic mass is 10.2. The summed E-state index contributed by atoms with van der Waals surface area (Å²) in [7, 11) is 0. The molecular weight excluding hydrogens is 298 g/mol. The van der Waals surface area contributed by atoms with Gasteiger partial charge >= 0.3 is 5.69 Å². The summed E-state index contributed by atoms with van der Waals surface area (Å²) >= 11 is 0. The minimum Gasteiger partial charge on any atom is -0.336 e. The average molecular weight is 317 g/mol. The van der Waals surface area contributed by atoms with E-state index < -0.39 is 11.2 Å². The van der Waals surface area contributed by atoms with Crippen molar-refractivity contribution in [1.29, 1.82) is 0 Å². The van der Waals surface area contributed by atoms with E-state index in [4.69, 9.17) is 0 Å². The van der Waals surface area contributed by atoms with Crippen molar-refractivity contribution < 1.29 is 4.79 Å². The van der Waals surface area contributed by atoms with E-state index in [-0.39, 0.29) is 18.5 Å². The highest BCUT2D eigenvalue weighted by atomic mass is 16.2. The van der Waals surface area contributed by atoms with Crippen molar-refractivity contribution in [2.24, 2.45) is 0 Å². The zero-order valence-corrected chi connectivity index (χ0v) is 12.9. The molecule has 1 fully saturated rings. The maximum Gasteiger partial charge on any atom is 0.328 e. The molecule has 1 aliphatic rings. The second kappa shape index (κ2) is 6.23. The molecule has 0 saturated carbocycles. The minimum absolute atomic E-state index is 0.0652. The molecule has 1 saturated heterocycles. The van der Waals surface area contributed by atoms with E-state index in [0.717, 1.165) is 18.4 Å². The molecule has 1 atom stereocenters. The molecule has 1 aliphatic heterocycles. The Bertz CT molecular complexity index is 819. The standard InChI is InChI=1S/C15H19N5O3/c1-11-7-16-19(8-11)9-12-3-2-5-20(12)14(22)10-18-6-4-13(21)17-15(18)23/h4,6-8,12H,2-3,5,9-10H2,1H3,(H,17,21,23)/t12-/m1/s1. The van der Waals surface area contributed by atoms with E-state index in [0.29, 0.717) is 13.1 Å². The number of nitrogens with zero attached hydrogens (tertiary/aromatic N) is 4. The van der Waals surface area contributed by atoms with Gasteiger partial charge in [0.1, 0.15) is 6.54 Å². The van der Waals surface area contributed by atoms with Crippen LogP contribution in [0, 0.1) is 6.92 Å². The molecule has 0 unspecified atom stereocenters. The van der Waals surface area contributed by atoms with E-state index >= 15 is 0 Å². The number of aromatic nitrogens is 4. The molecular formula is C15H19N5O3. The van der Waals surface area contributed by atoms with Gasteiger partial charge in [-0.25, -0.2) is 4.79 Å². The number of hydrogen-bond donors (Lipinski definition) is 1. The number of aryl methyl sites for hydroxylation is 1. The van der Waals surface area contributed by atoms with Crippen LogP contribution in [0.3, 0.4) is 0 Å². The van der Waals surface area contributed by atoms with E-state index in [1.807, 2.05) is 17.8 Å². The number of likely N-dealkylation sites (tertiary alicyclic amines) is 1. The average Bonchev–Trinajstić information content (AvgIpc) is 3.11. The lowest BCUT2D eigenvalue weighted by Gasteiger charge is -2.25. The SMILES string of the molecule is Cc1cnn(C[C@H]2CCCN2C(=O)Cn2ccc(=O)[nH]c2=O)c1. The number of hydrogen-bond acceptors (Lipinski definition) is 4. The third-order valence-corrected chi connectivity index (χ3v) is 4.06. The van der Waals surface area contributed by atoms with Gasteiger partial charge in [-0.15, -0.1) is 0 Å². The molecule has 8 heteroatoms. The predicted molar refractivity (Wildman–Crippen MR) is 83.0 cm³/mol. The van der Waals surface area contributed by atoms with Gasteiger partial charge in [0.05, 0.1) is 18.8 Å². The fraction of sp³-hybridized carbons (Fsp3) is 0.467. The third kappa shape index (κ3) is 3.41. The summed E-state index contributed by atoms with van der Waals surface area (Å²) in [5.74, 6) is -0.120. The van der Waals surface area contributed by atoms with E-state index in [9.17, 15) is 14.4 Å².